The van der Waals surface area contributed by atoms with E-state index in [0.717, 1.165) is 62.5 Å². The molecule has 1 aliphatic carbocycles. The van der Waals surface area contributed by atoms with E-state index in [9.17, 15) is 13.6 Å². The van der Waals surface area contributed by atoms with Crippen LogP contribution < -0.4 is 9.64 Å². The first-order chi connectivity index (χ1) is 17.7. The maximum Gasteiger partial charge on any atom is 0.335 e. The number of carboxylic acids is 1. The number of carboxylic acid groups (broad SMARTS) is 1. The average Bonchev–Trinajstić information content (AvgIpc) is 3.31. The number of aromatic amines is 1. The van der Waals surface area contributed by atoms with Gasteiger partial charge in [0.15, 0.2) is 0 Å². The van der Waals surface area contributed by atoms with Gasteiger partial charge in [0.1, 0.15) is 5.75 Å². The van der Waals surface area contributed by atoms with Gasteiger partial charge in [0.25, 0.3) is 0 Å². The summed E-state index contributed by atoms with van der Waals surface area (Å²) in [6.45, 7) is 6.75. The summed E-state index contributed by atoms with van der Waals surface area (Å²) >= 11 is 0. The average molecular weight is 512 g/mol. The number of alkyl halides is 2. The maximum absolute atomic E-state index is 13.3. The second-order valence-electron chi connectivity index (χ2n) is 10.8. The number of aromatic nitrogens is 1. The Morgan fingerprint density at radius 1 is 1.11 bits per heavy atom. The van der Waals surface area contributed by atoms with E-state index >= 15 is 0 Å². The highest BCUT2D eigenvalue weighted by Crippen LogP contribution is 2.57. The summed E-state index contributed by atoms with van der Waals surface area (Å²) in [5, 5.41) is 9.96. The molecular formula is C29H35F2N3O3. The quantitative estimate of drug-likeness (QED) is 0.434. The Morgan fingerprint density at radius 2 is 1.84 bits per heavy atom. The molecule has 3 aliphatic rings. The van der Waals surface area contributed by atoms with Crippen LogP contribution in [0.5, 0.6) is 5.75 Å². The number of aromatic carboxylic acids is 1. The minimum atomic E-state index is -2.42. The number of hydrogen-bond donors (Lipinski definition) is 2. The molecule has 2 aliphatic heterocycles. The fourth-order valence-corrected chi connectivity index (χ4v) is 6.00. The van der Waals surface area contributed by atoms with Crippen molar-refractivity contribution in [3.8, 4) is 5.75 Å². The Kier molecular flexibility index (Phi) is 6.88. The molecule has 1 aromatic heterocycles. The molecule has 37 heavy (non-hydrogen) atoms. The van der Waals surface area contributed by atoms with Crippen molar-refractivity contribution in [3.05, 3.63) is 59.3 Å². The van der Waals surface area contributed by atoms with Crippen LogP contribution in [0.15, 0.2) is 42.6 Å². The molecule has 8 heteroatoms. The Labute approximate surface area is 216 Å². The van der Waals surface area contributed by atoms with Crippen molar-refractivity contribution in [3.63, 3.8) is 0 Å². The summed E-state index contributed by atoms with van der Waals surface area (Å²) < 4.78 is 32.1. The molecule has 2 N–H and O–H groups in total. The summed E-state index contributed by atoms with van der Waals surface area (Å²) in [6.07, 6.45) is 5.10. The van der Waals surface area contributed by atoms with Crippen molar-refractivity contribution < 1.29 is 23.4 Å². The zero-order chi connectivity index (χ0) is 26.2. The molecule has 2 saturated heterocycles. The lowest BCUT2D eigenvalue weighted by atomic mass is 9.61. The van der Waals surface area contributed by atoms with Gasteiger partial charge < -0.3 is 19.7 Å². The lowest BCUT2D eigenvalue weighted by Gasteiger charge is -2.51. The minimum Gasteiger partial charge on any atom is -0.496 e. The van der Waals surface area contributed by atoms with Gasteiger partial charge in [-0.25, -0.2) is 13.6 Å². The molecule has 6 rings (SSSR count). The number of piperidine rings is 1. The number of hydrogen-bond acceptors (Lipinski definition) is 4. The van der Waals surface area contributed by atoms with Crippen LogP contribution in [0.4, 0.5) is 14.5 Å². The van der Waals surface area contributed by atoms with Gasteiger partial charge in [0, 0.05) is 60.8 Å². The third-order valence-corrected chi connectivity index (χ3v) is 8.21. The van der Waals surface area contributed by atoms with Crippen LogP contribution in [0.3, 0.4) is 0 Å². The highest BCUT2D eigenvalue weighted by Gasteiger charge is 2.56. The van der Waals surface area contributed by atoms with Gasteiger partial charge in [-0.15, -0.1) is 0 Å². The number of rotatable bonds is 5. The molecule has 0 radical (unpaired) electrons. The van der Waals surface area contributed by atoms with E-state index in [1.165, 1.54) is 22.9 Å². The van der Waals surface area contributed by atoms with E-state index in [2.05, 4.69) is 33.8 Å². The lowest BCUT2D eigenvalue weighted by Crippen LogP contribution is -2.52. The van der Waals surface area contributed by atoms with Gasteiger partial charge in [-0.05, 0) is 80.6 Å². The Balaban J connectivity index is 0.000000182. The first-order valence-corrected chi connectivity index (χ1v) is 13.0. The molecule has 3 heterocycles. The number of nitrogens with zero attached hydrogens (tertiary/aromatic N) is 2. The summed E-state index contributed by atoms with van der Waals surface area (Å²) in [6, 6.07) is 11.3. The van der Waals surface area contributed by atoms with Crippen LogP contribution in [-0.4, -0.2) is 60.2 Å². The third kappa shape index (κ3) is 5.30. The molecule has 0 unspecified atom stereocenters. The van der Waals surface area contributed by atoms with Crippen molar-refractivity contribution in [2.45, 2.75) is 51.5 Å². The van der Waals surface area contributed by atoms with Crippen molar-refractivity contribution >= 4 is 22.6 Å². The summed E-state index contributed by atoms with van der Waals surface area (Å²) in [4.78, 5) is 18.5. The molecule has 0 bridgehead atoms. The molecule has 198 valence electrons. The number of aryl methyl sites for hydroxylation is 1. The Morgan fingerprint density at radius 3 is 2.43 bits per heavy atom. The highest BCUT2D eigenvalue weighted by molar-refractivity contribution is 5.89. The highest BCUT2D eigenvalue weighted by atomic mass is 19.3. The number of anilines is 1. The Hall–Kier alpha value is -3.13. The van der Waals surface area contributed by atoms with Gasteiger partial charge in [0.05, 0.1) is 12.7 Å². The maximum atomic E-state index is 13.3. The number of halogens is 2. The second kappa shape index (κ2) is 9.97. The van der Waals surface area contributed by atoms with Gasteiger partial charge in [-0.2, -0.15) is 0 Å². The largest absolute Gasteiger partial charge is 0.496 e. The van der Waals surface area contributed by atoms with Gasteiger partial charge in [0.2, 0.25) is 5.92 Å². The molecule has 2 aromatic carbocycles. The molecule has 3 fully saturated rings. The first-order valence-electron chi connectivity index (χ1n) is 13.0. The second-order valence-corrected chi connectivity index (χ2v) is 10.8. The van der Waals surface area contributed by atoms with Gasteiger partial charge in [-0.3, -0.25) is 4.90 Å². The number of ether oxygens (including phenoxy) is 1. The van der Waals surface area contributed by atoms with Crippen LogP contribution in [0.1, 0.15) is 53.6 Å². The normalized spacial score (nSPS) is 20.1. The smallest absolute Gasteiger partial charge is 0.335 e. The first kappa shape index (κ1) is 25.5. The van der Waals surface area contributed by atoms with Crippen molar-refractivity contribution in [2.75, 3.05) is 38.2 Å². The monoisotopic (exact) mass is 511 g/mol. The zero-order valence-electron chi connectivity index (χ0n) is 21.5. The number of carbonyl (C=O) groups is 1. The third-order valence-electron chi connectivity index (χ3n) is 8.21. The molecule has 0 atom stereocenters. The SMILES string of the molecule is COc1cc(C)c2[nH]ccc2c1CN1CCC2(CC1)CC(F)(F)C2.O=C(O)c1cccc(N2CCC2)c1. The van der Waals surface area contributed by atoms with Crippen molar-refractivity contribution in [2.24, 2.45) is 5.41 Å². The van der Waals surface area contributed by atoms with Crippen LogP contribution in [-0.2, 0) is 6.54 Å². The fourth-order valence-electron chi connectivity index (χ4n) is 6.00. The fraction of sp³-hybridized carbons (Fsp3) is 0.483. The van der Waals surface area contributed by atoms with Crippen molar-refractivity contribution in [1.82, 2.24) is 9.88 Å². The number of nitrogens with one attached hydrogen (secondary N) is 1. The van der Waals surface area contributed by atoms with E-state index in [4.69, 9.17) is 9.84 Å². The van der Waals surface area contributed by atoms with Crippen molar-refractivity contribution in [1.29, 1.82) is 0 Å². The number of fused-ring (bicyclic) bond motifs is 1. The Bertz CT molecular complexity index is 1270. The molecular weight excluding hydrogens is 476 g/mol. The molecule has 0 amide bonds. The zero-order valence-corrected chi connectivity index (χ0v) is 21.5. The summed E-state index contributed by atoms with van der Waals surface area (Å²) in [5.41, 5.74) is 4.80. The van der Waals surface area contributed by atoms with Crippen LogP contribution in [0.2, 0.25) is 0 Å². The van der Waals surface area contributed by atoms with E-state index in [-0.39, 0.29) is 18.3 Å². The predicted molar refractivity (Wildman–Crippen MR) is 141 cm³/mol. The molecule has 6 nitrogen and oxygen atoms in total. The van der Waals surface area contributed by atoms with E-state index in [0.29, 0.717) is 5.56 Å². The minimum absolute atomic E-state index is 0.0871. The van der Waals surface area contributed by atoms with E-state index in [1.54, 1.807) is 25.3 Å². The van der Waals surface area contributed by atoms with Gasteiger partial charge >= 0.3 is 5.97 Å². The van der Waals surface area contributed by atoms with E-state index < -0.39 is 11.9 Å². The lowest BCUT2D eigenvalue weighted by molar-refractivity contribution is -0.178. The number of likely N-dealkylation sites (tertiary alicyclic amines) is 1. The summed E-state index contributed by atoms with van der Waals surface area (Å²) in [7, 11) is 1.71. The molecule has 1 saturated carbocycles. The van der Waals surface area contributed by atoms with Crippen LogP contribution in [0, 0.1) is 12.3 Å². The summed E-state index contributed by atoms with van der Waals surface area (Å²) in [5.74, 6) is -2.36. The number of benzene rings is 2. The molecule has 1 spiro atoms. The standard InChI is InChI=1S/C19H24F2N2O.C10H11NO2/c1-13-9-16(24-2)15(14-3-6-22-17(13)14)10-23-7-4-18(5-8-23)11-19(20,21)12-18;12-10(13)8-3-1-4-9(7-8)11-5-2-6-11/h3,6,9,22H,4-5,7-8,10-12H2,1-2H3;1,3-4,7H,2,5-6H2,(H,12,13). The van der Waals surface area contributed by atoms with Crippen LogP contribution in [0.25, 0.3) is 10.9 Å². The predicted octanol–water partition coefficient (Wildman–Crippen LogP) is 6.09. The number of methoxy groups -OCH3 is 1. The molecule has 3 aromatic rings. The van der Waals surface area contributed by atoms with Gasteiger partial charge in [-0.1, -0.05) is 6.07 Å². The van der Waals surface area contributed by atoms with Crippen LogP contribution >= 0.6 is 0 Å². The number of H-pyrrole nitrogens is 1. The van der Waals surface area contributed by atoms with E-state index in [1.807, 2.05) is 12.3 Å². The topological polar surface area (TPSA) is 68.8 Å².